The van der Waals surface area contributed by atoms with E-state index in [2.05, 4.69) is 21.2 Å². The molecule has 1 N–H and O–H groups in total. The van der Waals surface area contributed by atoms with E-state index in [4.69, 9.17) is 9.47 Å². The quantitative estimate of drug-likeness (QED) is 0.401. The van der Waals surface area contributed by atoms with Gasteiger partial charge in [0, 0.05) is 21.3 Å². The standard InChI is InChI=1S/C24H17BrF3NO3/c1-31-21-10-15(19(25)12-22(21)32-13-14-5-3-2-4-6-14)9-18-17-8-7-16(24(26,27)28)11-20(17)29-23(18)30/h2-12H,13H2,1H3,(H,29,30)/b18-9-. The molecule has 0 aliphatic carbocycles. The van der Waals surface area contributed by atoms with E-state index in [-0.39, 0.29) is 11.3 Å². The highest BCUT2D eigenvalue weighted by Gasteiger charge is 2.33. The Balaban J connectivity index is 1.65. The molecule has 164 valence electrons. The number of alkyl halides is 3. The van der Waals surface area contributed by atoms with Gasteiger partial charge >= 0.3 is 6.18 Å². The number of ether oxygens (including phenoxy) is 2. The van der Waals surface area contributed by atoms with Crippen molar-refractivity contribution in [2.75, 3.05) is 12.4 Å². The second kappa shape index (κ2) is 8.70. The molecule has 0 fully saturated rings. The van der Waals surface area contributed by atoms with E-state index in [1.807, 2.05) is 30.3 Å². The molecule has 1 aliphatic rings. The fraction of sp³-hybridized carbons (Fsp3) is 0.125. The van der Waals surface area contributed by atoms with Crippen LogP contribution in [0.25, 0.3) is 11.6 Å². The first kappa shape index (κ1) is 22.0. The number of carbonyl (C=O) groups is 1. The van der Waals surface area contributed by atoms with Crippen molar-refractivity contribution in [3.05, 3.63) is 87.4 Å². The van der Waals surface area contributed by atoms with Crippen molar-refractivity contribution >= 4 is 39.2 Å². The Hall–Kier alpha value is -3.26. The highest BCUT2D eigenvalue weighted by molar-refractivity contribution is 9.10. The Morgan fingerprint density at radius 3 is 2.47 bits per heavy atom. The zero-order valence-electron chi connectivity index (χ0n) is 16.8. The number of methoxy groups -OCH3 is 1. The number of benzene rings is 3. The second-order valence-electron chi connectivity index (χ2n) is 7.07. The van der Waals surface area contributed by atoms with Crippen molar-refractivity contribution in [1.29, 1.82) is 0 Å². The maximum absolute atomic E-state index is 13.0. The van der Waals surface area contributed by atoms with Crippen LogP contribution in [0.1, 0.15) is 22.3 Å². The average Bonchev–Trinajstić information content (AvgIpc) is 3.08. The summed E-state index contributed by atoms with van der Waals surface area (Å²) in [5, 5.41) is 2.50. The van der Waals surface area contributed by atoms with Gasteiger partial charge in [0.2, 0.25) is 0 Å². The minimum Gasteiger partial charge on any atom is -0.493 e. The highest BCUT2D eigenvalue weighted by Crippen LogP contribution is 2.40. The van der Waals surface area contributed by atoms with Gasteiger partial charge in [-0.1, -0.05) is 52.3 Å². The van der Waals surface area contributed by atoms with Gasteiger partial charge in [0.05, 0.1) is 12.7 Å². The van der Waals surface area contributed by atoms with E-state index in [1.165, 1.54) is 13.2 Å². The number of rotatable bonds is 5. The predicted molar refractivity (Wildman–Crippen MR) is 119 cm³/mol. The summed E-state index contributed by atoms with van der Waals surface area (Å²) in [5.41, 5.74) is 1.58. The van der Waals surface area contributed by atoms with Crippen molar-refractivity contribution in [3.8, 4) is 11.5 Å². The van der Waals surface area contributed by atoms with Crippen LogP contribution in [0, 0.1) is 0 Å². The van der Waals surface area contributed by atoms with Crippen LogP contribution in [0.5, 0.6) is 11.5 Å². The fourth-order valence-electron chi connectivity index (χ4n) is 3.34. The lowest BCUT2D eigenvalue weighted by molar-refractivity contribution is -0.137. The van der Waals surface area contributed by atoms with Crippen molar-refractivity contribution in [2.24, 2.45) is 0 Å². The maximum Gasteiger partial charge on any atom is 0.416 e. The van der Waals surface area contributed by atoms with E-state index in [9.17, 15) is 18.0 Å². The number of carbonyl (C=O) groups excluding carboxylic acids is 1. The molecule has 0 aromatic heterocycles. The smallest absolute Gasteiger partial charge is 0.416 e. The minimum atomic E-state index is -4.49. The molecule has 4 nitrogen and oxygen atoms in total. The number of hydrogen-bond donors (Lipinski definition) is 1. The first-order valence-electron chi connectivity index (χ1n) is 9.55. The lowest BCUT2D eigenvalue weighted by Gasteiger charge is -2.13. The zero-order chi connectivity index (χ0) is 22.9. The third-order valence-corrected chi connectivity index (χ3v) is 5.64. The second-order valence-corrected chi connectivity index (χ2v) is 7.92. The molecule has 3 aromatic carbocycles. The van der Waals surface area contributed by atoms with Crippen LogP contribution >= 0.6 is 15.9 Å². The van der Waals surface area contributed by atoms with E-state index in [0.717, 1.165) is 17.7 Å². The van der Waals surface area contributed by atoms with Gasteiger partial charge in [-0.15, -0.1) is 0 Å². The Kier molecular flexibility index (Phi) is 5.97. The third kappa shape index (κ3) is 4.50. The molecule has 0 saturated carbocycles. The van der Waals surface area contributed by atoms with Crippen molar-refractivity contribution in [1.82, 2.24) is 0 Å². The molecule has 0 spiro atoms. The summed E-state index contributed by atoms with van der Waals surface area (Å²) in [6, 6.07) is 16.3. The number of anilines is 1. The molecular weight excluding hydrogens is 487 g/mol. The Bertz CT molecular complexity index is 1210. The summed E-state index contributed by atoms with van der Waals surface area (Å²) >= 11 is 3.48. The van der Waals surface area contributed by atoms with Gasteiger partial charge in [0.1, 0.15) is 6.61 Å². The van der Waals surface area contributed by atoms with Crippen molar-refractivity contribution < 1.29 is 27.4 Å². The lowest BCUT2D eigenvalue weighted by Crippen LogP contribution is -2.06. The molecular formula is C24H17BrF3NO3. The van der Waals surface area contributed by atoms with E-state index >= 15 is 0 Å². The van der Waals surface area contributed by atoms with Crippen LogP contribution in [0.3, 0.4) is 0 Å². The maximum atomic E-state index is 13.0. The Morgan fingerprint density at radius 1 is 1.03 bits per heavy atom. The molecule has 1 heterocycles. The molecule has 0 atom stereocenters. The molecule has 4 rings (SSSR count). The first-order chi connectivity index (χ1) is 15.3. The van der Waals surface area contributed by atoms with Gasteiger partial charge in [-0.25, -0.2) is 0 Å². The number of halogens is 4. The largest absolute Gasteiger partial charge is 0.493 e. The van der Waals surface area contributed by atoms with Crippen LogP contribution < -0.4 is 14.8 Å². The number of fused-ring (bicyclic) bond motifs is 1. The van der Waals surface area contributed by atoms with Crippen molar-refractivity contribution in [2.45, 2.75) is 12.8 Å². The highest BCUT2D eigenvalue weighted by atomic mass is 79.9. The zero-order valence-corrected chi connectivity index (χ0v) is 18.4. The molecule has 1 aliphatic heterocycles. The van der Waals surface area contributed by atoms with Crippen LogP contribution in [0.4, 0.5) is 18.9 Å². The molecule has 0 bridgehead atoms. The van der Waals surface area contributed by atoms with Gasteiger partial charge in [-0.05, 0) is 41.5 Å². The summed E-state index contributed by atoms with van der Waals surface area (Å²) in [5.74, 6) is 0.494. The summed E-state index contributed by atoms with van der Waals surface area (Å²) in [6.45, 7) is 0.349. The Labute approximate surface area is 190 Å². The first-order valence-corrected chi connectivity index (χ1v) is 10.3. The van der Waals surface area contributed by atoms with Gasteiger partial charge < -0.3 is 14.8 Å². The topological polar surface area (TPSA) is 47.6 Å². The minimum absolute atomic E-state index is 0.127. The summed E-state index contributed by atoms with van der Waals surface area (Å²) in [4.78, 5) is 12.5. The normalized spacial score (nSPS) is 14.3. The van der Waals surface area contributed by atoms with Crippen LogP contribution in [0.15, 0.2) is 65.1 Å². The average molecular weight is 504 g/mol. The van der Waals surface area contributed by atoms with E-state index in [1.54, 1.807) is 18.2 Å². The van der Waals surface area contributed by atoms with Crippen LogP contribution in [-0.4, -0.2) is 13.0 Å². The van der Waals surface area contributed by atoms with Gasteiger partial charge in [0.25, 0.3) is 5.91 Å². The third-order valence-electron chi connectivity index (χ3n) is 4.95. The monoisotopic (exact) mass is 503 g/mol. The van der Waals surface area contributed by atoms with Crippen LogP contribution in [0.2, 0.25) is 0 Å². The van der Waals surface area contributed by atoms with E-state index in [0.29, 0.717) is 33.7 Å². The Morgan fingerprint density at radius 2 is 1.78 bits per heavy atom. The van der Waals surface area contributed by atoms with Gasteiger partial charge in [-0.3, -0.25) is 4.79 Å². The molecule has 0 saturated heterocycles. The molecule has 0 unspecified atom stereocenters. The van der Waals surface area contributed by atoms with Gasteiger partial charge in [0.15, 0.2) is 11.5 Å². The summed E-state index contributed by atoms with van der Waals surface area (Å²) in [6.07, 6.45) is -2.89. The molecule has 0 radical (unpaired) electrons. The van der Waals surface area contributed by atoms with Crippen molar-refractivity contribution in [3.63, 3.8) is 0 Å². The van der Waals surface area contributed by atoms with Gasteiger partial charge in [-0.2, -0.15) is 13.2 Å². The van der Waals surface area contributed by atoms with E-state index < -0.39 is 17.6 Å². The molecule has 1 amide bonds. The SMILES string of the molecule is COc1cc(/C=C2\C(=O)Nc3cc(C(F)(F)F)ccc32)c(Br)cc1OCc1ccccc1. The number of nitrogens with one attached hydrogen (secondary N) is 1. The number of hydrogen-bond acceptors (Lipinski definition) is 3. The van der Waals surface area contributed by atoms with Crippen LogP contribution in [-0.2, 0) is 17.6 Å². The molecule has 8 heteroatoms. The fourth-order valence-corrected chi connectivity index (χ4v) is 3.78. The predicted octanol–water partition coefficient (Wildman–Crippen LogP) is 6.55. The lowest BCUT2D eigenvalue weighted by atomic mass is 10.0. The number of amides is 1. The summed E-state index contributed by atoms with van der Waals surface area (Å²) in [7, 11) is 1.51. The summed E-state index contributed by atoms with van der Waals surface area (Å²) < 4.78 is 50.9. The molecule has 3 aromatic rings. The molecule has 32 heavy (non-hydrogen) atoms.